The largest absolute Gasteiger partial charge is 0.393 e. The van der Waals surface area contributed by atoms with Crippen molar-refractivity contribution in [2.45, 2.75) is 95.5 Å². The van der Waals surface area contributed by atoms with Crippen molar-refractivity contribution in [3.8, 4) is 11.8 Å². The van der Waals surface area contributed by atoms with Crippen LogP contribution in [0.2, 0.25) is 0 Å². The maximum atomic E-state index is 12.2. The lowest BCUT2D eigenvalue weighted by molar-refractivity contribution is -0.322. The number of rotatable bonds is 1. The number of ether oxygens (including phenoxy) is 2. The average Bonchev–Trinajstić information content (AvgIpc) is 3.18. The molecule has 0 amide bonds. The van der Waals surface area contributed by atoms with Crippen LogP contribution in [0.5, 0.6) is 0 Å². The van der Waals surface area contributed by atoms with Crippen LogP contribution in [0.1, 0.15) is 89.2 Å². The second-order valence-corrected chi connectivity index (χ2v) is 13.5. The van der Waals surface area contributed by atoms with E-state index in [-0.39, 0.29) is 22.9 Å². The van der Waals surface area contributed by atoms with Crippen LogP contribution in [0, 0.1) is 34.5 Å². The Hall–Kier alpha value is -1.68. The van der Waals surface area contributed by atoms with Gasteiger partial charge in [-0.05, 0) is 79.0 Å². The first kappa shape index (κ1) is 25.6. The zero-order chi connectivity index (χ0) is 26.1. The second kappa shape index (κ2) is 8.93. The van der Waals surface area contributed by atoms with E-state index in [0.29, 0.717) is 38.0 Å². The maximum absolute atomic E-state index is 12.2. The molecule has 6 atom stereocenters. The van der Waals surface area contributed by atoms with E-state index >= 15 is 0 Å². The van der Waals surface area contributed by atoms with Gasteiger partial charge in [-0.3, -0.25) is 0 Å². The van der Waals surface area contributed by atoms with Crippen LogP contribution in [0.3, 0.4) is 0 Å². The molecule has 5 aliphatic rings. The number of benzene rings is 1. The quantitative estimate of drug-likeness (QED) is 0.382. The first-order valence-electron chi connectivity index (χ1n) is 14.3. The van der Waals surface area contributed by atoms with Gasteiger partial charge < -0.3 is 25.4 Å². The summed E-state index contributed by atoms with van der Waals surface area (Å²) in [6.07, 6.45) is 6.44. The summed E-state index contributed by atoms with van der Waals surface area (Å²) in [5, 5.41) is 23.4. The average molecular weight is 506 g/mol. The molecule has 1 heterocycles. The van der Waals surface area contributed by atoms with Gasteiger partial charge in [0, 0.05) is 29.7 Å². The Balaban J connectivity index is 1.40. The summed E-state index contributed by atoms with van der Waals surface area (Å²) in [4.78, 5) is 0. The fourth-order valence-electron chi connectivity index (χ4n) is 8.48. The second-order valence-electron chi connectivity index (χ2n) is 13.5. The van der Waals surface area contributed by atoms with Gasteiger partial charge in [0.05, 0.1) is 31.5 Å². The van der Waals surface area contributed by atoms with Crippen molar-refractivity contribution in [3.63, 3.8) is 0 Å². The molecule has 0 aromatic heterocycles. The van der Waals surface area contributed by atoms with Crippen LogP contribution < -0.4 is 5.73 Å². The number of hydrogen-bond acceptors (Lipinski definition) is 5. The number of nitrogens with two attached hydrogens (primary N) is 1. The molecule has 4 aliphatic carbocycles. The monoisotopic (exact) mass is 505 g/mol. The van der Waals surface area contributed by atoms with E-state index < -0.39 is 11.4 Å². The Labute approximate surface area is 221 Å². The lowest BCUT2D eigenvalue weighted by Crippen LogP contribution is -2.57. The van der Waals surface area contributed by atoms with Crippen LogP contribution in [0.15, 0.2) is 35.4 Å². The molecular weight excluding hydrogens is 462 g/mol. The van der Waals surface area contributed by atoms with E-state index in [0.717, 1.165) is 50.5 Å². The summed E-state index contributed by atoms with van der Waals surface area (Å²) in [6.45, 7) is 8.33. The summed E-state index contributed by atoms with van der Waals surface area (Å²) < 4.78 is 12.7. The Morgan fingerprint density at radius 2 is 1.76 bits per heavy atom. The third-order valence-electron chi connectivity index (χ3n) is 10.5. The summed E-state index contributed by atoms with van der Waals surface area (Å²) in [5.74, 6) is 6.48. The van der Waals surface area contributed by atoms with E-state index in [9.17, 15) is 10.2 Å². The van der Waals surface area contributed by atoms with Gasteiger partial charge in [0.1, 0.15) is 0 Å². The minimum Gasteiger partial charge on any atom is -0.393 e. The summed E-state index contributed by atoms with van der Waals surface area (Å²) in [7, 11) is 0. The topological polar surface area (TPSA) is 84.9 Å². The summed E-state index contributed by atoms with van der Waals surface area (Å²) >= 11 is 0. The van der Waals surface area contributed by atoms with Crippen LogP contribution in [-0.2, 0) is 9.47 Å². The van der Waals surface area contributed by atoms with Gasteiger partial charge in [0.2, 0.25) is 0 Å². The number of hydrogen-bond donors (Lipinski definition) is 3. The predicted molar refractivity (Wildman–Crippen MR) is 144 cm³/mol. The molecule has 1 saturated heterocycles. The van der Waals surface area contributed by atoms with Crippen LogP contribution in [0.25, 0.3) is 0 Å². The Kier molecular flexibility index (Phi) is 6.18. The number of aliphatic hydroxyl groups excluding tert-OH is 1. The van der Waals surface area contributed by atoms with Gasteiger partial charge in [-0.1, -0.05) is 50.3 Å². The molecule has 4 N–H and O–H groups in total. The SMILES string of the molecule is CC1(C)COC2(CCC3=C4C(CCC3(O)C2)C2CCC(O)[C@@]2(C)C[C@@H]4c2ccc(C#CCN)cc2)OC1. The molecule has 1 aliphatic heterocycles. The van der Waals surface area contributed by atoms with Crippen molar-refractivity contribution < 1.29 is 19.7 Å². The summed E-state index contributed by atoms with van der Waals surface area (Å²) in [5.41, 5.74) is 9.53. The zero-order valence-electron chi connectivity index (χ0n) is 22.7. The van der Waals surface area contributed by atoms with Gasteiger partial charge in [-0.2, -0.15) is 0 Å². The van der Waals surface area contributed by atoms with E-state index in [2.05, 4.69) is 56.9 Å². The molecular formula is C32H43NO4. The lowest BCUT2D eigenvalue weighted by atomic mass is 9.51. The normalized spacial score (nSPS) is 39.8. The fraction of sp³-hybridized carbons (Fsp3) is 0.688. The standard InChI is InChI=1S/C32H43NO4/c1-29(2)19-36-32(37-20-29)15-13-26-28-23(12-14-31(26,35)18-32)25-10-11-27(34)30(25,3)17-24(28)22-8-6-21(7-9-22)5-4-16-33/h6-9,23-25,27,34-35H,10-20,33H2,1-3H3/t23?,24-,25?,27?,30+,31?/m1/s1. The summed E-state index contributed by atoms with van der Waals surface area (Å²) in [6, 6.07) is 8.59. The number of fused-ring (bicyclic) bond motifs is 4. The molecule has 1 spiro atoms. The Morgan fingerprint density at radius 1 is 1.03 bits per heavy atom. The molecule has 4 fully saturated rings. The van der Waals surface area contributed by atoms with E-state index in [4.69, 9.17) is 15.2 Å². The molecule has 6 rings (SSSR count). The van der Waals surface area contributed by atoms with Crippen molar-refractivity contribution >= 4 is 0 Å². The van der Waals surface area contributed by atoms with Gasteiger partial charge in [0.15, 0.2) is 5.79 Å². The highest BCUT2D eigenvalue weighted by Gasteiger charge is 2.60. The molecule has 1 aromatic carbocycles. The molecule has 0 radical (unpaired) electrons. The van der Waals surface area contributed by atoms with Crippen molar-refractivity contribution in [2.75, 3.05) is 19.8 Å². The zero-order valence-corrected chi connectivity index (χ0v) is 22.7. The van der Waals surface area contributed by atoms with E-state index in [1.165, 1.54) is 16.7 Å². The highest BCUT2D eigenvalue weighted by atomic mass is 16.7. The molecule has 3 saturated carbocycles. The molecule has 5 heteroatoms. The van der Waals surface area contributed by atoms with Crippen molar-refractivity contribution in [3.05, 3.63) is 46.5 Å². The van der Waals surface area contributed by atoms with E-state index in [1.807, 2.05) is 0 Å². The molecule has 37 heavy (non-hydrogen) atoms. The smallest absolute Gasteiger partial charge is 0.171 e. The molecule has 200 valence electrons. The van der Waals surface area contributed by atoms with E-state index in [1.54, 1.807) is 0 Å². The van der Waals surface area contributed by atoms with Crippen molar-refractivity contribution in [2.24, 2.45) is 28.4 Å². The molecule has 1 aromatic rings. The lowest BCUT2D eigenvalue weighted by Gasteiger charge is -2.57. The minimum atomic E-state index is -0.888. The molecule has 4 unspecified atom stereocenters. The van der Waals surface area contributed by atoms with Gasteiger partial charge in [-0.25, -0.2) is 0 Å². The van der Waals surface area contributed by atoms with Gasteiger partial charge in [-0.15, -0.1) is 0 Å². The Bertz CT molecular complexity index is 1130. The minimum absolute atomic E-state index is 0.00714. The van der Waals surface area contributed by atoms with Crippen molar-refractivity contribution in [1.29, 1.82) is 0 Å². The van der Waals surface area contributed by atoms with Gasteiger partial charge >= 0.3 is 0 Å². The highest BCUT2D eigenvalue weighted by molar-refractivity contribution is 5.45. The van der Waals surface area contributed by atoms with Crippen LogP contribution >= 0.6 is 0 Å². The highest BCUT2D eigenvalue weighted by Crippen LogP contribution is 2.65. The van der Waals surface area contributed by atoms with Crippen LogP contribution in [0.4, 0.5) is 0 Å². The molecule has 5 nitrogen and oxygen atoms in total. The first-order chi connectivity index (χ1) is 17.6. The third-order valence-corrected chi connectivity index (χ3v) is 10.5. The maximum Gasteiger partial charge on any atom is 0.171 e. The number of allylic oxidation sites excluding steroid dienone is 1. The van der Waals surface area contributed by atoms with Gasteiger partial charge in [0.25, 0.3) is 0 Å². The van der Waals surface area contributed by atoms with Crippen LogP contribution in [-0.4, -0.2) is 47.5 Å². The third kappa shape index (κ3) is 4.21. The number of aliphatic hydroxyl groups is 2. The predicted octanol–water partition coefficient (Wildman–Crippen LogP) is 4.65. The Morgan fingerprint density at radius 3 is 2.46 bits per heavy atom. The first-order valence-corrected chi connectivity index (χ1v) is 14.3. The van der Waals surface area contributed by atoms with Crippen molar-refractivity contribution in [1.82, 2.24) is 0 Å². The fourth-order valence-corrected chi connectivity index (χ4v) is 8.48. The molecule has 0 bridgehead atoms.